The zero-order valence-corrected chi connectivity index (χ0v) is 35.8. The lowest BCUT2D eigenvalue weighted by Crippen LogP contribution is -2.38. The van der Waals surface area contributed by atoms with Crippen LogP contribution in [0.25, 0.3) is 16.3 Å². The fourth-order valence-electron chi connectivity index (χ4n) is 11.4. The predicted molar refractivity (Wildman–Crippen MR) is 250 cm³/mol. The average molecular weight is 821 g/mol. The minimum Gasteiger partial charge on any atom is -0.418 e. The number of fused-ring (bicyclic) bond motifs is 8. The third-order valence-corrected chi connectivity index (χ3v) is 14.3. The molecule has 0 radical (unpaired) electrons. The molecule has 0 amide bonds. The van der Waals surface area contributed by atoms with E-state index < -0.39 is 11.9 Å². The number of para-hydroxylation sites is 4. The van der Waals surface area contributed by atoms with Gasteiger partial charge in [0.1, 0.15) is 11.1 Å². The second-order valence-corrected chi connectivity index (χ2v) is 18.4. The van der Waals surface area contributed by atoms with Crippen LogP contribution < -0.4 is 9.80 Å². The van der Waals surface area contributed by atoms with Crippen molar-refractivity contribution in [2.45, 2.75) is 45.4 Å². The van der Waals surface area contributed by atoms with E-state index in [4.69, 9.17) is 9.47 Å². The summed E-state index contributed by atoms with van der Waals surface area (Å²) in [7, 11) is 0. The van der Waals surface area contributed by atoms with Crippen molar-refractivity contribution in [2.75, 3.05) is 9.80 Å². The Morgan fingerprint density at radius 1 is 0.556 bits per heavy atom. The van der Waals surface area contributed by atoms with E-state index in [1.54, 1.807) is 0 Å². The van der Waals surface area contributed by atoms with Crippen LogP contribution >= 0.6 is 0 Å². The van der Waals surface area contributed by atoms with Gasteiger partial charge >= 0.3 is 11.9 Å². The number of carbonyl (C=O) groups excluding carboxylic acids is 2. The molecule has 4 heterocycles. The Kier molecular flexibility index (Phi) is 7.87. The van der Waals surface area contributed by atoms with Gasteiger partial charge in [0.15, 0.2) is 11.5 Å². The number of ether oxygens (including phenoxy) is 2. The Morgan fingerprint density at radius 3 is 1.83 bits per heavy atom. The van der Waals surface area contributed by atoms with E-state index in [1.807, 2.05) is 30.3 Å². The largest absolute Gasteiger partial charge is 0.418 e. The Balaban J connectivity index is 0.953. The summed E-state index contributed by atoms with van der Waals surface area (Å²) in [5.41, 5.74) is 14.4. The molecule has 63 heavy (non-hydrogen) atoms. The first-order valence-electron chi connectivity index (χ1n) is 21.8. The molecular weight excluding hydrogens is 777 g/mol. The Labute approximate surface area is 367 Å². The van der Waals surface area contributed by atoms with Crippen molar-refractivity contribution in [3.63, 3.8) is 0 Å². The lowest BCUT2D eigenvalue weighted by Gasteiger charge is -2.47. The van der Waals surface area contributed by atoms with E-state index in [-0.39, 0.29) is 39.8 Å². The van der Waals surface area contributed by atoms with E-state index in [0.29, 0.717) is 11.1 Å². The maximum absolute atomic E-state index is 14.0. The fraction of sp³-hybridized carbons (Fsp3) is 0.158. The van der Waals surface area contributed by atoms with Crippen molar-refractivity contribution in [3.8, 4) is 0 Å². The summed E-state index contributed by atoms with van der Waals surface area (Å²) >= 11 is 0. The van der Waals surface area contributed by atoms with Crippen molar-refractivity contribution in [3.05, 3.63) is 226 Å². The number of rotatable bonds is 4. The molecule has 2 aliphatic carbocycles. The van der Waals surface area contributed by atoms with Crippen LogP contribution in [0.4, 0.5) is 28.4 Å². The smallest absolute Gasteiger partial charge is 0.348 e. The average Bonchev–Trinajstić information content (AvgIpc) is 3.78. The first-order chi connectivity index (χ1) is 30.5. The Morgan fingerprint density at radius 2 is 1.13 bits per heavy atom. The number of hydrogen-bond donors (Lipinski definition) is 0. The van der Waals surface area contributed by atoms with E-state index in [9.17, 15) is 9.59 Å². The highest BCUT2D eigenvalue weighted by atomic mass is 16.6. The number of hydrogen-bond acceptors (Lipinski definition) is 6. The van der Waals surface area contributed by atoms with Crippen LogP contribution in [0.15, 0.2) is 203 Å². The van der Waals surface area contributed by atoms with Gasteiger partial charge < -0.3 is 19.3 Å². The Bertz CT molecular complexity index is 3230. The standard InChI is InChI=1S/C57H44N2O4/c1-33-38-29-31-47-51(57(4,5)43-21-13-15-23-45(43)59(47)37-18-10-7-11-19-37)41(38)28-27-39(33)49-53-52(62-55(49)61)48(54(60)63-53)35-24-26-40-34(32-35)25-30-46-50(40)56(2,3)42-20-12-14-22-44(42)58(46)36-16-8-6-9-17-36/h6-33,38H,1-5H3. The highest BCUT2D eigenvalue weighted by molar-refractivity contribution is 6.23. The monoisotopic (exact) mass is 820 g/mol. The molecule has 6 aromatic carbocycles. The van der Waals surface area contributed by atoms with E-state index in [0.717, 1.165) is 44.8 Å². The van der Waals surface area contributed by atoms with E-state index >= 15 is 0 Å². The summed E-state index contributed by atoms with van der Waals surface area (Å²) in [6.45, 7) is 11.3. The van der Waals surface area contributed by atoms with E-state index in [2.05, 4.69) is 178 Å². The van der Waals surface area contributed by atoms with Gasteiger partial charge in [-0.15, -0.1) is 0 Å². The number of benzene rings is 6. The molecule has 0 N–H and O–H groups in total. The summed E-state index contributed by atoms with van der Waals surface area (Å²) in [6, 6.07) is 48.6. The molecule has 12 rings (SSSR count). The van der Waals surface area contributed by atoms with Gasteiger partial charge in [0.25, 0.3) is 0 Å². The number of nitrogens with zero attached hydrogens (tertiary/aromatic N) is 2. The molecule has 0 fully saturated rings. The van der Waals surface area contributed by atoms with Crippen LogP contribution in [-0.4, -0.2) is 11.9 Å². The maximum atomic E-state index is 14.0. The van der Waals surface area contributed by atoms with Crippen molar-refractivity contribution < 1.29 is 19.1 Å². The highest BCUT2D eigenvalue weighted by Crippen LogP contribution is 2.57. The lowest BCUT2D eigenvalue weighted by molar-refractivity contribution is -0.133. The molecule has 0 spiro atoms. The topological polar surface area (TPSA) is 59.1 Å². The minimum absolute atomic E-state index is 0.0168. The molecule has 6 aromatic rings. The fourth-order valence-corrected chi connectivity index (χ4v) is 11.4. The van der Waals surface area contributed by atoms with Gasteiger partial charge in [0, 0.05) is 28.1 Å². The molecule has 0 saturated carbocycles. The summed E-state index contributed by atoms with van der Waals surface area (Å²) < 4.78 is 12.1. The first kappa shape index (κ1) is 37.3. The van der Waals surface area contributed by atoms with Gasteiger partial charge in [0.2, 0.25) is 0 Å². The summed E-state index contributed by atoms with van der Waals surface area (Å²) in [6.07, 6.45) is 8.73. The molecule has 2 atom stereocenters. The van der Waals surface area contributed by atoms with Crippen molar-refractivity contribution in [2.24, 2.45) is 11.8 Å². The van der Waals surface area contributed by atoms with Crippen LogP contribution in [0.5, 0.6) is 0 Å². The van der Waals surface area contributed by atoms with Gasteiger partial charge in [-0.1, -0.05) is 144 Å². The van der Waals surface area contributed by atoms with Crippen LogP contribution in [0, 0.1) is 11.8 Å². The minimum atomic E-state index is -0.525. The van der Waals surface area contributed by atoms with Crippen LogP contribution in [0.2, 0.25) is 0 Å². The number of esters is 2. The number of anilines is 5. The van der Waals surface area contributed by atoms with Crippen molar-refractivity contribution >= 4 is 56.7 Å². The molecule has 6 nitrogen and oxygen atoms in total. The lowest BCUT2D eigenvalue weighted by atomic mass is 9.62. The summed E-state index contributed by atoms with van der Waals surface area (Å²) in [4.78, 5) is 32.7. The molecule has 2 unspecified atom stereocenters. The molecule has 0 saturated heterocycles. The Hall–Kier alpha value is -7.44. The maximum Gasteiger partial charge on any atom is 0.348 e. The van der Waals surface area contributed by atoms with Crippen molar-refractivity contribution in [1.82, 2.24) is 0 Å². The van der Waals surface area contributed by atoms with Gasteiger partial charge in [-0.25, -0.2) is 9.59 Å². The summed E-state index contributed by atoms with van der Waals surface area (Å²) in [5, 5.41) is 2.07. The predicted octanol–water partition coefficient (Wildman–Crippen LogP) is 13.1. The molecule has 0 bridgehead atoms. The molecular formula is C57H44N2O4. The second kappa shape index (κ2) is 13.3. The number of allylic oxidation sites excluding steroid dienone is 6. The van der Waals surface area contributed by atoms with Gasteiger partial charge in [-0.05, 0) is 110 Å². The van der Waals surface area contributed by atoms with Crippen molar-refractivity contribution in [1.29, 1.82) is 0 Å². The molecule has 306 valence electrons. The van der Waals surface area contributed by atoms with Crippen LogP contribution in [0.1, 0.15) is 56.9 Å². The first-order valence-corrected chi connectivity index (χ1v) is 21.8. The zero-order chi connectivity index (χ0) is 42.9. The molecule has 6 aliphatic rings. The summed E-state index contributed by atoms with van der Waals surface area (Å²) in [5.74, 6) is -0.754. The molecule has 0 aromatic heterocycles. The highest BCUT2D eigenvalue weighted by Gasteiger charge is 2.49. The zero-order valence-electron chi connectivity index (χ0n) is 35.8. The molecule has 6 heteroatoms. The van der Waals surface area contributed by atoms with E-state index in [1.165, 1.54) is 33.5 Å². The quantitative estimate of drug-likeness (QED) is 0.165. The second-order valence-electron chi connectivity index (χ2n) is 18.4. The molecule has 4 aliphatic heterocycles. The number of carbonyl (C=O) groups is 2. The van der Waals surface area contributed by atoms with Gasteiger partial charge in [-0.3, -0.25) is 0 Å². The normalized spacial score (nSPS) is 21.2. The van der Waals surface area contributed by atoms with Crippen LogP contribution in [-0.2, 0) is 29.9 Å². The van der Waals surface area contributed by atoms with Gasteiger partial charge in [0.05, 0.1) is 22.8 Å². The third kappa shape index (κ3) is 5.18. The van der Waals surface area contributed by atoms with Crippen LogP contribution in [0.3, 0.4) is 0 Å². The third-order valence-electron chi connectivity index (χ3n) is 14.3. The SMILES string of the molecule is CC1C(C2=C3OC(=O)C(c4ccc5c6c(ccc5c4)N(c4ccccc4)c4ccccc4C6(C)C)=C3OC2=O)=CC=C2C3=C(C=CC21)N(c1ccccc1)c1ccccc1C3(C)C. The van der Waals surface area contributed by atoms with Gasteiger partial charge in [-0.2, -0.15) is 0 Å².